The fourth-order valence-electron chi connectivity index (χ4n) is 4.22. The summed E-state index contributed by atoms with van der Waals surface area (Å²) >= 11 is 0. The summed E-state index contributed by atoms with van der Waals surface area (Å²) in [6.45, 7) is 6.43. The predicted molar refractivity (Wildman–Crippen MR) is 90.0 cm³/mol. The molecule has 2 heterocycles. The van der Waals surface area contributed by atoms with Crippen molar-refractivity contribution >= 4 is 11.8 Å². The summed E-state index contributed by atoms with van der Waals surface area (Å²) in [7, 11) is 0. The lowest BCUT2D eigenvalue weighted by molar-refractivity contribution is -0.136. The van der Waals surface area contributed by atoms with E-state index in [4.69, 9.17) is 0 Å². The second-order valence-corrected chi connectivity index (χ2v) is 7.42. The molecule has 0 bridgehead atoms. The molecule has 0 spiro atoms. The van der Waals surface area contributed by atoms with Crippen molar-refractivity contribution in [1.82, 2.24) is 14.7 Å². The Morgan fingerprint density at radius 1 is 0.957 bits per heavy atom. The number of nitrogens with zero attached hydrogens (tertiary/aromatic N) is 3. The van der Waals surface area contributed by atoms with Crippen molar-refractivity contribution in [3.8, 4) is 0 Å². The molecule has 3 fully saturated rings. The summed E-state index contributed by atoms with van der Waals surface area (Å²) in [4.78, 5) is 30.6. The van der Waals surface area contributed by atoms with Gasteiger partial charge in [0.05, 0.1) is 0 Å². The minimum absolute atomic E-state index is 0.226. The first-order chi connectivity index (χ1) is 11.2. The molecule has 2 saturated heterocycles. The molecule has 0 radical (unpaired) electrons. The quantitative estimate of drug-likeness (QED) is 0.774. The number of carbonyl (C=O) groups excluding carboxylic acids is 2. The Bertz CT molecular complexity index is 412. The fourth-order valence-corrected chi connectivity index (χ4v) is 4.22. The lowest BCUT2D eigenvalue weighted by Crippen LogP contribution is -2.50. The van der Waals surface area contributed by atoms with Crippen LogP contribution in [0.25, 0.3) is 0 Å². The summed E-state index contributed by atoms with van der Waals surface area (Å²) in [5.41, 5.74) is 0. The van der Waals surface area contributed by atoms with Crippen LogP contribution in [0.3, 0.4) is 0 Å². The van der Waals surface area contributed by atoms with Crippen LogP contribution in [0, 0.1) is 5.92 Å². The Kier molecular flexibility index (Phi) is 5.92. The molecule has 1 saturated carbocycles. The van der Waals surface area contributed by atoms with Gasteiger partial charge in [-0.25, -0.2) is 0 Å². The summed E-state index contributed by atoms with van der Waals surface area (Å²) in [5.74, 6) is 1.34. The van der Waals surface area contributed by atoms with Crippen LogP contribution in [0.15, 0.2) is 0 Å². The van der Waals surface area contributed by atoms with E-state index in [-0.39, 0.29) is 11.8 Å². The van der Waals surface area contributed by atoms with Crippen LogP contribution in [0.5, 0.6) is 0 Å². The van der Waals surface area contributed by atoms with Crippen LogP contribution in [0.1, 0.15) is 51.4 Å². The van der Waals surface area contributed by atoms with E-state index < -0.39 is 0 Å². The largest absolute Gasteiger partial charge is 0.342 e. The smallest absolute Gasteiger partial charge is 0.224 e. The van der Waals surface area contributed by atoms with Gasteiger partial charge in [0.1, 0.15) is 0 Å². The number of amides is 2. The van der Waals surface area contributed by atoms with Crippen molar-refractivity contribution in [3.63, 3.8) is 0 Å². The summed E-state index contributed by atoms with van der Waals surface area (Å²) < 4.78 is 0. The van der Waals surface area contributed by atoms with E-state index in [2.05, 4.69) is 4.90 Å². The van der Waals surface area contributed by atoms with Crippen molar-refractivity contribution in [2.24, 2.45) is 5.92 Å². The highest BCUT2D eigenvalue weighted by molar-refractivity contribution is 5.79. The van der Waals surface area contributed by atoms with E-state index in [1.165, 1.54) is 32.2 Å². The highest BCUT2D eigenvalue weighted by atomic mass is 16.2. The molecular weight excluding hydrogens is 290 g/mol. The molecule has 0 unspecified atom stereocenters. The third-order valence-corrected chi connectivity index (χ3v) is 5.73. The molecule has 3 rings (SSSR count). The van der Waals surface area contributed by atoms with Gasteiger partial charge >= 0.3 is 0 Å². The Morgan fingerprint density at radius 2 is 1.70 bits per heavy atom. The van der Waals surface area contributed by atoms with Crippen molar-refractivity contribution < 1.29 is 9.59 Å². The van der Waals surface area contributed by atoms with Crippen LogP contribution >= 0.6 is 0 Å². The maximum atomic E-state index is 12.4. The number of carbonyl (C=O) groups is 2. The Morgan fingerprint density at radius 3 is 2.39 bits per heavy atom. The maximum Gasteiger partial charge on any atom is 0.224 e. The molecule has 1 aliphatic carbocycles. The van der Waals surface area contributed by atoms with Gasteiger partial charge < -0.3 is 9.80 Å². The van der Waals surface area contributed by atoms with Gasteiger partial charge in [0.25, 0.3) is 0 Å². The van der Waals surface area contributed by atoms with Crippen molar-refractivity contribution in [3.05, 3.63) is 0 Å². The number of hydrogen-bond donors (Lipinski definition) is 0. The molecule has 130 valence electrons. The van der Waals surface area contributed by atoms with Gasteiger partial charge in [-0.1, -0.05) is 12.8 Å². The predicted octanol–water partition coefficient (Wildman–Crippen LogP) is 1.72. The molecule has 0 aromatic carbocycles. The summed E-state index contributed by atoms with van der Waals surface area (Å²) in [6, 6.07) is 0. The van der Waals surface area contributed by atoms with Gasteiger partial charge in [0.15, 0.2) is 0 Å². The van der Waals surface area contributed by atoms with Crippen molar-refractivity contribution in [1.29, 1.82) is 0 Å². The van der Waals surface area contributed by atoms with E-state index in [1.807, 2.05) is 9.80 Å². The Balaban J connectivity index is 1.35. The van der Waals surface area contributed by atoms with E-state index in [9.17, 15) is 9.59 Å². The van der Waals surface area contributed by atoms with E-state index in [0.29, 0.717) is 19.4 Å². The standard InChI is InChI=1S/C18H31N3O2/c22-17-7-3-4-9-20(17)10-8-18(23)21-13-11-19(12-14-21)15-16-5-1-2-6-16/h16H,1-15H2. The minimum Gasteiger partial charge on any atom is -0.342 e. The SMILES string of the molecule is O=C1CCCCN1CCC(=O)N1CCN(CC2CCCC2)CC1. The Labute approximate surface area is 140 Å². The zero-order valence-electron chi connectivity index (χ0n) is 14.3. The number of rotatable bonds is 5. The van der Waals surface area contributed by atoms with Gasteiger partial charge in [-0.05, 0) is 31.6 Å². The number of hydrogen-bond acceptors (Lipinski definition) is 3. The first-order valence-corrected chi connectivity index (χ1v) is 9.50. The molecular formula is C18H31N3O2. The van der Waals surface area contributed by atoms with E-state index in [1.54, 1.807) is 0 Å². The molecule has 0 N–H and O–H groups in total. The highest BCUT2D eigenvalue weighted by Crippen LogP contribution is 2.25. The molecule has 5 heteroatoms. The molecule has 3 aliphatic rings. The van der Waals surface area contributed by atoms with Gasteiger partial charge in [-0.3, -0.25) is 14.5 Å². The van der Waals surface area contributed by atoms with Crippen molar-refractivity contribution in [2.75, 3.05) is 45.8 Å². The van der Waals surface area contributed by atoms with Crippen LogP contribution in [0.4, 0.5) is 0 Å². The average molecular weight is 321 g/mol. The molecule has 23 heavy (non-hydrogen) atoms. The third kappa shape index (κ3) is 4.69. The van der Waals surface area contributed by atoms with Crippen LogP contribution in [-0.2, 0) is 9.59 Å². The third-order valence-electron chi connectivity index (χ3n) is 5.73. The fraction of sp³-hybridized carbons (Fsp3) is 0.889. The Hall–Kier alpha value is -1.10. The number of likely N-dealkylation sites (tertiary alicyclic amines) is 1. The lowest BCUT2D eigenvalue weighted by atomic mass is 10.1. The second kappa shape index (κ2) is 8.13. The zero-order valence-corrected chi connectivity index (χ0v) is 14.3. The minimum atomic E-state index is 0.226. The van der Waals surface area contributed by atoms with Gasteiger partial charge in [0.2, 0.25) is 11.8 Å². The maximum absolute atomic E-state index is 12.4. The van der Waals surface area contributed by atoms with Gasteiger partial charge in [-0.2, -0.15) is 0 Å². The second-order valence-electron chi connectivity index (χ2n) is 7.42. The number of piperidine rings is 1. The molecule has 0 aromatic heterocycles. The zero-order chi connectivity index (χ0) is 16.1. The lowest BCUT2D eigenvalue weighted by Gasteiger charge is -2.36. The van der Waals surface area contributed by atoms with Crippen molar-refractivity contribution in [2.45, 2.75) is 51.4 Å². The monoisotopic (exact) mass is 321 g/mol. The topological polar surface area (TPSA) is 43.9 Å². The average Bonchev–Trinajstić information content (AvgIpc) is 3.07. The summed E-state index contributed by atoms with van der Waals surface area (Å²) in [6.07, 6.45) is 8.83. The first kappa shape index (κ1) is 16.7. The van der Waals surface area contributed by atoms with Gasteiger partial charge in [-0.15, -0.1) is 0 Å². The number of piperazine rings is 1. The molecule has 2 amide bonds. The molecule has 0 atom stereocenters. The van der Waals surface area contributed by atoms with Crippen LogP contribution in [-0.4, -0.2) is 72.3 Å². The van der Waals surface area contributed by atoms with Crippen LogP contribution in [0.2, 0.25) is 0 Å². The van der Waals surface area contributed by atoms with E-state index in [0.717, 1.165) is 51.5 Å². The molecule has 0 aromatic rings. The van der Waals surface area contributed by atoms with Crippen LogP contribution < -0.4 is 0 Å². The first-order valence-electron chi connectivity index (χ1n) is 9.50. The molecule has 2 aliphatic heterocycles. The summed E-state index contributed by atoms with van der Waals surface area (Å²) in [5, 5.41) is 0. The van der Waals surface area contributed by atoms with E-state index >= 15 is 0 Å². The normalized spacial score (nSPS) is 24.4. The highest BCUT2D eigenvalue weighted by Gasteiger charge is 2.25. The van der Waals surface area contributed by atoms with Gasteiger partial charge in [0, 0.05) is 58.7 Å². The molecule has 5 nitrogen and oxygen atoms in total.